The average Bonchev–Trinajstić information content (AvgIpc) is 1.87. The molecule has 0 bridgehead atoms. The Morgan fingerprint density at radius 1 is 1.60 bits per heavy atom. The molecule has 1 unspecified atom stereocenters. The standard InChI is InChI=1S/C7H15O2S/c1-9-6-4-3-5-7-10(2)8/h5H,3-4,6-7H2,1-2H3. The van der Waals surface area contributed by atoms with Gasteiger partial charge in [0.15, 0.2) is 0 Å². The first-order chi connectivity index (χ1) is 4.77. The molecule has 0 rings (SSSR count). The molecule has 0 heterocycles. The summed E-state index contributed by atoms with van der Waals surface area (Å²) in [6.45, 7) is 0.798. The summed E-state index contributed by atoms with van der Waals surface area (Å²) >= 11 is -0.667. The van der Waals surface area contributed by atoms with Gasteiger partial charge in [-0.1, -0.05) is 11.2 Å². The fourth-order valence-corrected chi connectivity index (χ4v) is 1.12. The number of unbranched alkanes of at least 4 members (excludes halogenated alkanes) is 2. The van der Waals surface area contributed by atoms with Crippen LogP contribution in [0.25, 0.3) is 0 Å². The lowest BCUT2D eigenvalue weighted by molar-refractivity contribution is 0.195. The maximum absolute atomic E-state index is 10.5. The van der Waals surface area contributed by atoms with Crippen LogP contribution in [0.5, 0.6) is 0 Å². The van der Waals surface area contributed by atoms with Gasteiger partial charge in [0, 0.05) is 20.1 Å². The molecule has 1 atom stereocenters. The molecule has 0 amide bonds. The van der Waals surface area contributed by atoms with Gasteiger partial charge in [0.05, 0.1) is 6.26 Å². The van der Waals surface area contributed by atoms with Crippen LogP contribution in [0.1, 0.15) is 12.8 Å². The predicted molar refractivity (Wildman–Crippen MR) is 44.3 cm³/mol. The number of ether oxygens (including phenoxy) is 1. The second-order valence-electron chi connectivity index (χ2n) is 2.16. The van der Waals surface area contributed by atoms with E-state index in [1.165, 1.54) is 0 Å². The van der Waals surface area contributed by atoms with Crippen molar-refractivity contribution >= 4 is 11.2 Å². The fraction of sp³-hybridized carbons (Fsp3) is 0.857. The third kappa shape index (κ3) is 8.27. The van der Waals surface area contributed by atoms with Gasteiger partial charge in [0.2, 0.25) is 0 Å². The molecule has 2 nitrogen and oxygen atoms in total. The lowest BCUT2D eigenvalue weighted by Crippen LogP contribution is -2.03. The molecule has 0 aromatic rings. The van der Waals surface area contributed by atoms with Crippen molar-refractivity contribution in [2.75, 3.05) is 25.7 Å². The molecule has 0 aliphatic rings. The molecule has 0 aliphatic heterocycles. The minimum absolute atomic E-state index is 0.667. The van der Waals surface area contributed by atoms with E-state index >= 15 is 0 Å². The number of hydrogen-bond acceptors (Lipinski definition) is 2. The lowest BCUT2D eigenvalue weighted by Gasteiger charge is -2.03. The van der Waals surface area contributed by atoms with E-state index in [0.29, 0.717) is 5.75 Å². The van der Waals surface area contributed by atoms with Crippen molar-refractivity contribution in [3.8, 4) is 0 Å². The van der Waals surface area contributed by atoms with E-state index in [1.807, 2.05) is 0 Å². The average molecular weight is 163 g/mol. The van der Waals surface area contributed by atoms with Crippen LogP contribution in [0.2, 0.25) is 0 Å². The second-order valence-corrected chi connectivity index (χ2v) is 3.64. The molecule has 10 heavy (non-hydrogen) atoms. The molecule has 0 aliphatic carbocycles. The van der Waals surface area contributed by atoms with Gasteiger partial charge in [-0.2, -0.15) is 0 Å². The third-order valence-corrected chi connectivity index (χ3v) is 1.81. The zero-order valence-electron chi connectivity index (χ0n) is 6.63. The fourth-order valence-electron chi connectivity index (χ4n) is 0.621. The van der Waals surface area contributed by atoms with Crippen LogP contribution in [0, 0.1) is 6.42 Å². The summed E-state index contributed by atoms with van der Waals surface area (Å²) in [5, 5.41) is 0. The Kier molecular flexibility index (Phi) is 7.58. The SMILES string of the molecule is COCCC[CH]C[S+](C)[O-]. The van der Waals surface area contributed by atoms with Crippen molar-refractivity contribution < 1.29 is 9.29 Å². The first kappa shape index (κ1) is 10.3. The van der Waals surface area contributed by atoms with Gasteiger partial charge in [0.25, 0.3) is 0 Å². The van der Waals surface area contributed by atoms with Crippen LogP contribution in [0.15, 0.2) is 0 Å². The van der Waals surface area contributed by atoms with Crippen molar-refractivity contribution in [2.24, 2.45) is 0 Å². The summed E-state index contributed by atoms with van der Waals surface area (Å²) in [5.74, 6) is 0.712. The van der Waals surface area contributed by atoms with Crippen molar-refractivity contribution in [3.63, 3.8) is 0 Å². The van der Waals surface area contributed by atoms with Gasteiger partial charge in [-0.05, 0) is 12.8 Å². The smallest absolute Gasteiger partial charge is 0.108 e. The monoisotopic (exact) mass is 163 g/mol. The minimum atomic E-state index is -0.667. The predicted octanol–water partition coefficient (Wildman–Crippen LogP) is 0.996. The molecule has 61 valence electrons. The van der Waals surface area contributed by atoms with Crippen LogP contribution in [0.4, 0.5) is 0 Å². The lowest BCUT2D eigenvalue weighted by atomic mass is 10.3. The normalized spacial score (nSPS) is 13.5. The van der Waals surface area contributed by atoms with Crippen LogP contribution >= 0.6 is 0 Å². The Bertz CT molecular complexity index is 66.6. The number of methoxy groups -OCH3 is 1. The van der Waals surface area contributed by atoms with Crippen molar-refractivity contribution in [2.45, 2.75) is 12.8 Å². The van der Waals surface area contributed by atoms with E-state index in [4.69, 9.17) is 4.74 Å². The summed E-state index contributed by atoms with van der Waals surface area (Å²) in [5.41, 5.74) is 0. The summed E-state index contributed by atoms with van der Waals surface area (Å²) < 4.78 is 15.4. The highest BCUT2D eigenvalue weighted by Crippen LogP contribution is 1.96. The molecular weight excluding hydrogens is 148 g/mol. The Balaban J connectivity index is 2.77. The largest absolute Gasteiger partial charge is 0.617 e. The highest BCUT2D eigenvalue weighted by molar-refractivity contribution is 7.90. The van der Waals surface area contributed by atoms with Crippen molar-refractivity contribution in [1.82, 2.24) is 0 Å². The maximum atomic E-state index is 10.5. The van der Waals surface area contributed by atoms with Crippen LogP contribution in [0.3, 0.4) is 0 Å². The summed E-state index contributed by atoms with van der Waals surface area (Å²) in [6.07, 6.45) is 5.81. The molecule has 0 saturated heterocycles. The Hall–Kier alpha value is 0.270. The molecule has 1 radical (unpaired) electrons. The Morgan fingerprint density at radius 2 is 2.30 bits per heavy atom. The van der Waals surface area contributed by atoms with Crippen LogP contribution in [-0.4, -0.2) is 30.3 Å². The van der Waals surface area contributed by atoms with Crippen LogP contribution in [-0.2, 0) is 15.9 Å². The highest BCUT2D eigenvalue weighted by Gasteiger charge is 1.95. The zero-order chi connectivity index (χ0) is 7.82. The summed E-state index contributed by atoms with van der Waals surface area (Å²) in [7, 11) is 1.69. The molecule has 0 aromatic heterocycles. The van der Waals surface area contributed by atoms with Crippen LogP contribution < -0.4 is 0 Å². The molecule has 3 heteroatoms. The molecule has 0 N–H and O–H groups in total. The van der Waals surface area contributed by atoms with Gasteiger partial charge in [-0.15, -0.1) is 0 Å². The number of rotatable bonds is 6. The van der Waals surface area contributed by atoms with Crippen molar-refractivity contribution in [1.29, 1.82) is 0 Å². The molecule has 0 fully saturated rings. The van der Waals surface area contributed by atoms with Gasteiger partial charge < -0.3 is 9.29 Å². The minimum Gasteiger partial charge on any atom is -0.617 e. The Morgan fingerprint density at radius 3 is 2.80 bits per heavy atom. The first-order valence-electron chi connectivity index (χ1n) is 3.38. The molecule has 0 spiro atoms. The van der Waals surface area contributed by atoms with Crippen molar-refractivity contribution in [3.05, 3.63) is 6.42 Å². The molecule has 0 saturated carbocycles. The molecular formula is C7H15O2S. The van der Waals surface area contributed by atoms with Gasteiger partial charge in [-0.25, -0.2) is 0 Å². The summed E-state index contributed by atoms with van der Waals surface area (Å²) in [6, 6.07) is 0. The number of hydrogen-bond donors (Lipinski definition) is 0. The van der Waals surface area contributed by atoms with E-state index in [1.54, 1.807) is 13.4 Å². The Labute approximate surface area is 66.1 Å². The van der Waals surface area contributed by atoms with Gasteiger partial charge >= 0.3 is 0 Å². The van der Waals surface area contributed by atoms with Gasteiger partial charge in [-0.3, -0.25) is 0 Å². The van der Waals surface area contributed by atoms with E-state index in [-0.39, 0.29) is 0 Å². The zero-order valence-corrected chi connectivity index (χ0v) is 7.45. The maximum Gasteiger partial charge on any atom is 0.108 e. The second kappa shape index (κ2) is 7.38. The molecule has 0 aromatic carbocycles. The quantitative estimate of drug-likeness (QED) is 0.432. The summed E-state index contributed by atoms with van der Waals surface area (Å²) in [4.78, 5) is 0. The van der Waals surface area contributed by atoms with E-state index < -0.39 is 11.2 Å². The van der Waals surface area contributed by atoms with E-state index in [2.05, 4.69) is 6.42 Å². The van der Waals surface area contributed by atoms with E-state index in [0.717, 1.165) is 19.4 Å². The van der Waals surface area contributed by atoms with E-state index in [9.17, 15) is 4.55 Å². The third-order valence-electron chi connectivity index (χ3n) is 1.11. The highest BCUT2D eigenvalue weighted by atomic mass is 32.2. The topological polar surface area (TPSA) is 32.3 Å². The first-order valence-corrected chi connectivity index (χ1v) is 5.10. The van der Waals surface area contributed by atoms with Gasteiger partial charge in [0.1, 0.15) is 5.75 Å².